The van der Waals surface area contributed by atoms with Gasteiger partial charge in [-0.25, -0.2) is 0 Å². The van der Waals surface area contributed by atoms with Crippen LogP contribution in [0.4, 0.5) is 0 Å². The number of hydrogen-bond acceptors (Lipinski definition) is 3. The van der Waals surface area contributed by atoms with Crippen molar-refractivity contribution in [3.05, 3.63) is 29.3 Å². The lowest BCUT2D eigenvalue weighted by molar-refractivity contribution is -0.0546. The molecule has 0 aromatic heterocycles. The zero-order valence-corrected chi connectivity index (χ0v) is 27.3. The molecule has 3 aliphatic carbocycles. The fraction of sp³-hybridized carbons (Fsp3) is 0.806. The summed E-state index contributed by atoms with van der Waals surface area (Å²) in [4.78, 5) is 0. The molecule has 0 amide bonds. The van der Waals surface area contributed by atoms with Crippen LogP contribution in [0.2, 0.25) is 36.3 Å². The van der Waals surface area contributed by atoms with E-state index in [1.807, 2.05) is 7.11 Å². The van der Waals surface area contributed by atoms with Gasteiger partial charge in [0, 0.05) is 19.1 Å². The molecule has 0 heterocycles. The molecule has 36 heavy (non-hydrogen) atoms. The molecule has 4 rings (SSSR count). The molecular weight excluding hydrogens is 477 g/mol. The van der Waals surface area contributed by atoms with Crippen molar-refractivity contribution in [2.75, 3.05) is 7.11 Å². The highest BCUT2D eigenvalue weighted by Crippen LogP contribution is 2.59. The minimum Gasteiger partial charge on any atom is -0.543 e. The molecule has 7 atom stereocenters. The second-order valence-corrected chi connectivity index (χ2v) is 24.8. The minimum atomic E-state index is -1.86. The molecule has 2 saturated carbocycles. The van der Waals surface area contributed by atoms with Crippen molar-refractivity contribution in [1.82, 2.24) is 0 Å². The van der Waals surface area contributed by atoms with Crippen LogP contribution in [0.1, 0.15) is 84.8 Å². The van der Waals surface area contributed by atoms with E-state index in [1.165, 1.54) is 24.0 Å². The average Bonchev–Trinajstić information content (AvgIpc) is 3.12. The van der Waals surface area contributed by atoms with Crippen molar-refractivity contribution in [3.8, 4) is 5.75 Å². The van der Waals surface area contributed by atoms with Gasteiger partial charge < -0.3 is 13.6 Å². The van der Waals surface area contributed by atoms with Crippen LogP contribution >= 0.6 is 0 Å². The molecule has 204 valence electrons. The number of hydrogen-bond donors (Lipinski definition) is 0. The summed E-state index contributed by atoms with van der Waals surface area (Å²) in [6, 6.07) is 7.02. The molecule has 1 aromatic carbocycles. The largest absolute Gasteiger partial charge is 0.543 e. The third-order valence-electron chi connectivity index (χ3n) is 11.0. The Balaban J connectivity index is 1.61. The Morgan fingerprint density at radius 2 is 1.47 bits per heavy atom. The standard InChI is InChI=1S/C31H54O3Si2/c1-20-17-21-18-22(33-35(9,10)30(2,3)4)13-14-23(21)29-27(32-8)19-25-24(28(20)29)15-16-26(25)34-36(11,12)31(5,6)7/h13-14,18,20,24-29H,15-17,19H2,1-12H3/t20-,24-,25+,26+,27+,28+,29+/m1/s1. The monoisotopic (exact) mass is 530 g/mol. The lowest BCUT2D eigenvalue weighted by Gasteiger charge is -2.52. The Morgan fingerprint density at radius 1 is 0.833 bits per heavy atom. The number of ether oxygens (including phenoxy) is 1. The predicted octanol–water partition coefficient (Wildman–Crippen LogP) is 8.80. The number of fused-ring (bicyclic) bond motifs is 5. The zero-order valence-electron chi connectivity index (χ0n) is 25.3. The van der Waals surface area contributed by atoms with Crippen LogP contribution in [0.25, 0.3) is 0 Å². The van der Waals surface area contributed by atoms with E-state index in [1.54, 1.807) is 0 Å². The highest BCUT2D eigenvalue weighted by atomic mass is 28.4. The molecule has 0 bridgehead atoms. The summed E-state index contributed by atoms with van der Waals surface area (Å²) >= 11 is 0. The first kappa shape index (κ1) is 28.4. The zero-order chi connectivity index (χ0) is 26.8. The van der Waals surface area contributed by atoms with Crippen molar-refractivity contribution in [2.45, 2.75) is 129 Å². The maximum Gasteiger partial charge on any atom is 0.250 e. The van der Waals surface area contributed by atoms with Crippen LogP contribution < -0.4 is 4.43 Å². The maximum absolute atomic E-state index is 7.07. The second kappa shape index (κ2) is 9.53. The predicted molar refractivity (Wildman–Crippen MR) is 157 cm³/mol. The summed E-state index contributed by atoms with van der Waals surface area (Å²) in [5, 5.41) is 0.455. The van der Waals surface area contributed by atoms with Gasteiger partial charge in [0.15, 0.2) is 8.32 Å². The highest BCUT2D eigenvalue weighted by molar-refractivity contribution is 6.75. The molecule has 0 spiro atoms. The summed E-state index contributed by atoms with van der Waals surface area (Å²) in [5.41, 5.74) is 3.02. The van der Waals surface area contributed by atoms with Crippen LogP contribution in [-0.2, 0) is 15.6 Å². The van der Waals surface area contributed by atoms with Gasteiger partial charge in [0.05, 0.1) is 6.10 Å². The molecule has 5 heteroatoms. The molecule has 3 aliphatic rings. The Bertz CT molecular complexity index is 942. The topological polar surface area (TPSA) is 27.7 Å². The van der Waals surface area contributed by atoms with Crippen molar-refractivity contribution >= 4 is 16.6 Å². The molecule has 0 unspecified atom stereocenters. The Morgan fingerprint density at radius 3 is 2.06 bits per heavy atom. The van der Waals surface area contributed by atoms with Crippen LogP contribution in [0.5, 0.6) is 5.75 Å². The Labute approximate surface area is 224 Å². The fourth-order valence-electron chi connectivity index (χ4n) is 7.00. The summed E-state index contributed by atoms with van der Waals surface area (Å²) in [6.45, 7) is 26.1. The molecule has 3 nitrogen and oxygen atoms in total. The number of benzene rings is 1. The van der Waals surface area contributed by atoms with Crippen molar-refractivity contribution in [1.29, 1.82) is 0 Å². The van der Waals surface area contributed by atoms with Gasteiger partial charge in [0.2, 0.25) is 8.32 Å². The first-order valence-electron chi connectivity index (χ1n) is 14.5. The van der Waals surface area contributed by atoms with Gasteiger partial charge in [-0.2, -0.15) is 0 Å². The first-order chi connectivity index (χ1) is 16.5. The third-order valence-corrected chi connectivity index (χ3v) is 19.9. The number of methoxy groups -OCH3 is 1. The number of rotatable bonds is 5. The van der Waals surface area contributed by atoms with E-state index in [9.17, 15) is 0 Å². The first-order valence-corrected chi connectivity index (χ1v) is 20.3. The van der Waals surface area contributed by atoms with Crippen molar-refractivity contribution in [3.63, 3.8) is 0 Å². The minimum absolute atomic E-state index is 0.201. The van der Waals surface area contributed by atoms with Crippen molar-refractivity contribution in [2.24, 2.45) is 23.7 Å². The average molecular weight is 531 g/mol. The van der Waals surface area contributed by atoms with E-state index in [0.29, 0.717) is 29.8 Å². The third kappa shape index (κ3) is 5.03. The van der Waals surface area contributed by atoms with Crippen LogP contribution in [-0.4, -0.2) is 36.0 Å². The quantitative estimate of drug-likeness (QED) is 0.356. The molecular formula is C31H54O3Si2. The van der Waals surface area contributed by atoms with E-state index in [-0.39, 0.29) is 16.2 Å². The maximum atomic E-state index is 7.07. The summed E-state index contributed by atoms with van der Waals surface area (Å²) < 4.78 is 20.1. The molecule has 0 aliphatic heterocycles. The van der Waals surface area contributed by atoms with E-state index in [4.69, 9.17) is 13.6 Å². The fourth-order valence-corrected chi connectivity index (χ4v) is 9.43. The summed E-state index contributed by atoms with van der Waals surface area (Å²) in [5.74, 6) is 4.28. The van der Waals surface area contributed by atoms with Crippen molar-refractivity contribution < 1.29 is 13.6 Å². The molecule has 0 radical (unpaired) electrons. The van der Waals surface area contributed by atoms with Gasteiger partial charge in [-0.15, -0.1) is 0 Å². The highest BCUT2D eigenvalue weighted by Gasteiger charge is 2.55. The van der Waals surface area contributed by atoms with Crippen LogP contribution in [0.15, 0.2) is 18.2 Å². The van der Waals surface area contributed by atoms with Gasteiger partial charge in [-0.05, 0) is 109 Å². The van der Waals surface area contributed by atoms with Gasteiger partial charge >= 0.3 is 0 Å². The normalized spacial score (nSPS) is 33.1. The molecule has 0 N–H and O–H groups in total. The lowest BCUT2D eigenvalue weighted by Crippen LogP contribution is -2.50. The Kier molecular flexibility index (Phi) is 7.52. The smallest absolute Gasteiger partial charge is 0.250 e. The lowest BCUT2D eigenvalue weighted by atomic mass is 9.56. The molecule has 1 aromatic rings. The van der Waals surface area contributed by atoms with E-state index >= 15 is 0 Å². The van der Waals surface area contributed by atoms with Gasteiger partial charge in [0.1, 0.15) is 5.75 Å². The SMILES string of the molecule is CO[C@H]1C[C@H]2[C@@H](CC[C@@H]2O[Si](C)(C)C(C)(C)C)[C@H]2[C@H]1c1ccc(O[Si](C)(C)C(C)(C)C)cc1C[C@H]2C. The van der Waals surface area contributed by atoms with E-state index < -0.39 is 16.6 Å². The molecule has 2 fully saturated rings. The van der Waals surface area contributed by atoms with Gasteiger partial charge in [0.25, 0.3) is 0 Å². The van der Waals surface area contributed by atoms with Gasteiger partial charge in [-0.3, -0.25) is 0 Å². The van der Waals surface area contributed by atoms with Crippen LogP contribution in [0.3, 0.4) is 0 Å². The van der Waals surface area contributed by atoms with Crippen LogP contribution in [0, 0.1) is 23.7 Å². The Hall–Kier alpha value is -0.626. The second-order valence-electron chi connectivity index (χ2n) is 15.3. The summed E-state index contributed by atoms with van der Waals surface area (Å²) in [6.07, 6.45) is 5.50. The summed E-state index contributed by atoms with van der Waals surface area (Å²) in [7, 11) is -1.71. The van der Waals surface area contributed by atoms with E-state index in [0.717, 1.165) is 24.5 Å². The van der Waals surface area contributed by atoms with E-state index in [2.05, 4.69) is 92.9 Å². The van der Waals surface area contributed by atoms with Gasteiger partial charge in [-0.1, -0.05) is 54.5 Å². The molecule has 0 saturated heterocycles.